The molecule has 3 aromatic heterocycles. The standard InChI is InChI=1S/C48H35N5Si/c1-54(2,3)29-28-35-30-39-37-22-12-14-24-40(37)53(48-50-46(33-17-6-4-7-18-33)49-47(51-48)34-19-8-5-9-20-34)44(39)31-43(35)52-41-25-15-13-23-38(41)45-36-21-11-10-16-32(36)26-27-42(45)52/h4-27,30-31H,1-3H3. The maximum atomic E-state index is 5.20. The molecule has 0 aliphatic rings. The Balaban J connectivity index is 1.34. The average Bonchev–Trinajstić information content (AvgIpc) is 3.72. The maximum absolute atomic E-state index is 5.20. The van der Waals surface area contributed by atoms with E-state index in [0.717, 1.165) is 55.2 Å². The molecule has 0 spiro atoms. The van der Waals surface area contributed by atoms with Gasteiger partial charge in [0.15, 0.2) is 11.6 Å². The van der Waals surface area contributed by atoms with Crippen LogP contribution < -0.4 is 0 Å². The fraction of sp³-hybridized carbons (Fsp3) is 0.0625. The molecule has 0 radical (unpaired) electrons. The van der Waals surface area contributed by atoms with Gasteiger partial charge in [0.25, 0.3) is 0 Å². The van der Waals surface area contributed by atoms with Crippen molar-refractivity contribution in [3.8, 4) is 45.9 Å². The molecule has 0 aliphatic carbocycles. The quantitative estimate of drug-likeness (QED) is 0.135. The number of hydrogen-bond donors (Lipinski definition) is 0. The van der Waals surface area contributed by atoms with Gasteiger partial charge in [-0.15, -0.1) is 5.54 Å². The summed E-state index contributed by atoms with van der Waals surface area (Å²) in [7, 11) is -1.74. The maximum Gasteiger partial charge on any atom is 0.238 e. The van der Waals surface area contributed by atoms with Gasteiger partial charge in [0.1, 0.15) is 8.07 Å². The molecule has 6 heteroatoms. The summed E-state index contributed by atoms with van der Waals surface area (Å²) in [4.78, 5) is 15.4. The highest BCUT2D eigenvalue weighted by molar-refractivity contribution is 6.83. The van der Waals surface area contributed by atoms with Crippen molar-refractivity contribution >= 4 is 62.5 Å². The van der Waals surface area contributed by atoms with E-state index in [1.807, 2.05) is 60.7 Å². The van der Waals surface area contributed by atoms with E-state index < -0.39 is 8.07 Å². The van der Waals surface area contributed by atoms with Crippen molar-refractivity contribution in [1.29, 1.82) is 0 Å². The summed E-state index contributed by atoms with van der Waals surface area (Å²) in [6.45, 7) is 6.89. The largest absolute Gasteiger partial charge is 0.308 e. The molecule has 0 saturated carbocycles. The first-order valence-electron chi connectivity index (χ1n) is 18.3. The number of aromatic nitrogens is 5. The Morgan fingerprint density at radius 1 is 0.463 bits per heavy atom. The molecular formula is C48H35N5Si. The Morgan fingerprint density at radius 2 is 1.04 bits per heavy atom. The highest BCUT2D eigenvalue weighted by atomic mass is 28.3. The van der Waals surface area contributed by atoms with Crippen LogP contribution in [0.3, 0.4) is 0 Å². The minimum Gasteiger partial charge on any atom is -0.308 e. The highest BCUT2D eigenvalue weighted by Crippen LogP contribution is 2.40. The van der Waals surface area contributed by atoms with Gasteiger partial charge in [0.05, 0.1) is 27.8 Å². The molecule has 0 amide bonds. The van der Waals surface area contributed by atoms with Crippen LogP contribution >= 0.6 is 0 Å². The second-order valence-corrected chi connectivity index (χ2v) is 19.5. The third-order valence-corrected chi connectivity index (χ3v) is 10.9. The van der Waals surface area contributed by atoms with Crippen LogP contribution in [0.4, 0.5) is 0 Å². The van der Waals surface area contributed by atoms with Crippen molar-refractivity contribution in [2.24, 2.45) is 0 Å². The number of fused-ring (bicyclic) bond motifs is 8. The molecule has 7 aromatic carbocycles. The second kappa shape index (κ2) is 12.4. The Kier molecular flexibility index (Phi) is 7.33. The fourth-order valence-corrected chi connectivity index (χ4v) is 8.17. The van der Waals surface area contributed by atoms with Gasteiger partial charge < -0.3 is 4.57 Å². The smallest absolute Gasteiger partial charge is 0.238 e. The summed E-state index contributed by atoms with van der Waals surface area (Å²) in [6, 6.07) is 55.3. The van der Waals surface area contributed by atoms with Crippen LogP contribution in [0.1, 0.15) is 5.56 Å². The first-order valence-corrected chi connectivity index (χ1v) is 21.8. The summed E-state index contributed by atoms with van der Waals surface area (Å²) >= 11 is 0. The van der Waals surface area contributed by atoms with E-state index in [0.29, 0.717) is 17.6 Å². The average molecular weight is 710 g/mol. The van der Waals surface area contributed by atoms with Gasteiger partial charge in [-0.1, -0.05) is 153 Å². The van der Waals surface area contributed by atoms with Gasteiger partial charge in [-0.25, -0.2) is 4.98 Å². The number of rotatable bonds is 4. The molecule has 256 valence electrons. The SMILES string of the molecule is C[Si](C)(C)C#Cc1cc2c3ccccc3n(-c3nc(-c4ccccc4)nc(-c4ccccc4)n3)c2cc1-n1c2ccccc2c2c3ccccc3ccc21. The van der Waals surface area contributed by atoms with E-state index in [2.05, 4.69) is 137 Å². The van der Waals surface area contributed by atoms with Crippen molar-refractivity contribution < 1.29 is 0 Å². The van der Waals surface area contributed by atoms with Crippen LogP contribution in [0.25, 0.3) is 88.8 Å². The summed E-state index contributed by atoms with van der Waals surface area (Å²) in [5, 5.41) is 7.13. The van der Waals surface area contributed by atoms with Gasteiger partial charge in [0.2, 0.25) is 5.95 Å². The summed E-state index contributed by atoms with van der Waals surface area (Å²) < 4.78 is 4.61. The molecule has 0 bridgehead atoms. The lowest BCUT2D eigenvalue weighted by molar-refractivity contribution is 0.953. The molecule has 3 heterocycles. The molecule has 0 fully saturated rings. The Labute approximate surface area is 314 Å². The number of hydrogen-bond acceptors (Lipinski definition) is 3. The van der Waals surface area contributed by atoms with Crippen LogP contribution in [-0.2, 0) is 0 Å². The Bertz CT molecular complexity index is 3080. The lowest BCUT2D eigenvalue weighted by Gasteiger charge is -2.14. The zero-order valence-electron chi connectivity index (χ0n) is 30.2. The number of para-hydroxylation sites is 2. The van der Waals surface area contributed by atoms with Crippen LogP contribution in [-0.4, -0.2) is 32.2 Å². The Hall–Kier alpha value is -6.81. The summed E-state index contributed by atoms with van der Waals surface area (Å²) in [5.74, 6) is 5.52. The van der Waals surface area contributed by atoms with Gasteiger partial charge in [-0.2, -0.15) is 9.97 Å². The fourth-order valence-electron chi connectivity index (χ4n) is 7.66. The molecule has 0 N–H and O–H groups in total. The van der Waals surface area contributed by atoms with E-state index in [1.54, 1.807) is 0 Å². The lowest BCUT2D eigenvalue weighted by Crippen LogP contribution is -2.16. The molecule has 0 aliphatic heterocycles. The zero-order chi connectivity index (χ0) is 36.4. The Morgan fingerprint density at radius 3 is 1.70 bits per heavy atom. The van der Waals surface area contributed by atoms with Crippen molar-refractivity contribution in [3.63, 3.8) is 0 Å². The normalized spacial score (nSPS) is 11.8. The molecule has 10 aromatic rings. The molecule has 0 unspecified atom stereocenters. The van der Waals surface area contributed by atoms with Crippen LogP contribution in [0.15, 0.2) is 158 Å². The molecule has 5 nitrogen and oxygen atoms in total. The molecule has 0 saturated heterocycles. The van der Waals surface area contributed by atoms with E-state index in [1.165, 1.54) is 21.5 Å². The summed E-state index contributed by atoms with van der Waals surface area (Å²) in [6.07, 6.45) is 0. The van der Waals surface area contributed by atoms with Crippen LogP contribution in [0.5, 0.6) is 0 Å². The van der Waals surface area contributed by atoms with Crippen molar-refractivity contribution in [2.45, 2.75) is 19.6 Å². The molecule has 0 atom stereocenters. The van der Waals surface area contributed by atoms with Gasteiger partial charge in [-0.3, -0.25) is 4.57 Å². The predicted octanol–water partition coefficient (Wildman–Crippen LogP) is 11.8. The van der Waals surface area contributed by atoms with Gasteiger partial charge >= 0.3 is 0 Å². The van der Waals surface area contributed by atoms with E-state index in [9.17, 15) is 0 Å². The van der Waals surface area contributed by atoms with Crippen molar-refractivity contribution in [1.82, 2.24) is 24.1 Å². The van der Waals surface area contributed by atoms with E-state index in [4.69, 9.17) is 15.0 Å². The zero-order valence-corrected chi connectivity index (χ0v) is 31.2. The van der Waals surface area contributed by atoms with Gasteiger partial charge in [0, 0.05) is 38.2 Å². The monoisotopic (exact) mass is 709 g/mol. The number of nitrogens with zero attached hydrogens (tertiary/aromatic N) is 5. The van der Waals surface area contributed by atoms with Gasteiger partial charge in [-0.05, 0) is 41.1 Å². The minimum absolute atomic E-state index is 0.564. The third kappa shape index (κ3) is 5.29. The van der Waals surface area contributed by atoms with E-state index >= 15 is 0 Å². The third-order valence-electron chi connectivity index (χ3n) is 10.1. The van der Waals surface area contributed by atoms with Crippen LogP contribution in [0.2, 0.25) is 19.6 Å². The first kappa shape index (κ1) is 31.9. The van der Waals surface area contributed by atoms with Crippen molar-refractivity contribution in [2.75, 3.05) is 0 Å². The molecular weight excluding hydrogens is 675 g/mol. The van der Waals surface area contributed by atoms with Crippen molar-refractivity contribution in [3.05, 3.63) is 163 Å². The lowest BCUT2D eigenvalue weighted by atomic mass is 10.0. The predicted molar refractivity (Wildman–Crippen MR) is 227 cm³/mol. The van der Waals surface area contributed by atoms with E-state index in [-0.39, 0.29) is 0 Å². The summed E-state index contributed by atoms with van der Waals surface area (Å²) in [5.41, 5.74) is 11.9. The highest BCUT2D eigenvalue weighted by Gasteiger charge is 2.22. The minimum atomic E-state index is -1.74. The number of benzene rings is 7. The first-order chi connectivity index (χ1) is 26.4. The second-order valence-electron chi connectivity index (χ2n) is 14.8. The topological polar surface area (TPSA) is 48.5 Å². The molecule has 10 rings (SSSR count). The molecule has 54 heavy (non-hydrogen) atoms. The van der Waals surface area contributed by atoms with Crippen LogP contribution in [0, 0.1) is 11.5 Å².